The van der Waals surface area contributed by atoms with Crippen molar-refractivity contribution in [3.63, 3.8) is 0 Å². The van der Waals surface area contributed by atoms with E-state index in [0.717, 1.165) is 5.56 Å². The summed E-state index contributed by atoms with van der Waals surface area (Å²) >= 11 is 6.18. The van der Waals surface area contributed by atoms with Crippen LogP contribution in [0.25, 0.3) is 0 Å². The number of carbonyl (C=O) groups excluding carboxylic acids is 2. The van der Waals surface area contributed by atoms with E-state index in [1.54, 1.807) is 48.5 Å². The molecule has 0 fully saturated rings. The molecule has 3 aromatic rings. The first-order valence-corrected chi connectivity index (χ1v) is 11.9. The van der Waals surface area contributed by atoms with Gasteiger partial charge in [0.25, 0.3) is 11.8 Å². The van der Waals surface area contributed by atoms with Crippen LogP contribution in [0.2, 0.25) is 5.02 Å². The summed E-state index contributed by atoms with van der Waals surface area (Å²) in [5.74, 6) is 0.149. The minimum atomic E-state index is -0.380. The van der Waals surface area contributed by atoms with Crippen molar-refractivity contribution < 1.29 is 19.1 Å². The standard InChI is InChI=1S/C28H31ClN2O4/c1-6-34-24-17-23(31-27(33)20-10-8-9-11-21(20)29)25(35-7-2)16-22(24)30-26(32)18-12-14-19(15-13-18)28(3,4)5/h8-17H,6-7H2,1-5H3,(H,30,32)(H,31,33). The van der Waals surface area contributed by atoms with Crippen molar-refractivity contribution in [1.82, 2.24) is 0 Å². The number of benzene rings is 3. The van der Waals surface area contributed by atoms with Crippen molar-refractivity contribution in [3.05, 3.63) is 82.4 Å². The van der Waals surface area contributed by atoms with E-state index in [9.17, 15) is 9.59 Å². The van der Waals surface area contributed by atoms with Crippen LogP contribution >= 0.6 is 11.6 Å². The van der Waals surface area contributed by atoms with E-state index >= 15 is 0 Å². The topological polar surface area (TPSA) is 76.7 Å². The van der Waals surface area contributed by atoms with Gasteiger partial charge in [0.15, 0.2) is 0 Å². The molecule has 2 amide bonds. The first kappa shape index (κ1) is 26.1. The number of hydrogen-bond donors (Lipinski definition) is 2. The van der Waals surface area contributed by atoms with E-state index in [4.69, 9.17) is 21.1 Å². The number of nitrogens with one attached hydrogen (secondary N) is 2. The van der Waals surface area contributed by atoms with Gasteiger partial charge < -0.3 is 20.1 Å². The van der Waals surface area contributed by atoms with Gasteiger partial charge in [0, 0.05) is 17.7 Å². The highest BCUT2D eigenvalue weighted by Gasteiger charge is 2.19. The lowest BCUT2D eigenvalue weighted by Gasteiger charge is -2.19. The monoisotopic (exact) mass is 494 g/mol. The Bertz CT molecular complexity index is 1200. The second-order valence-electron chi connectivity index (χ2n) is 8.93. The van der Waals surface area contributed by atoms with E-state index in [-0.39, 0.29) is 17.2 Å². The SMILES string of the molecule is CCOc1cc(NC(=O)c2ccccc2Cl)c(OCC)cc1NC(=O)c1ccc(C(C)(C)C)cc1. The van der Waals surface area contributed by atoms with E-state index in [1.807, 2.05) is 26.0 Å². The molecule has 184 valence electrons. The van der Waals surface area contributed by atoms with Gasteiger partial charge in [-0.1, -0.05) is 56.6 Å². The van der Waals surface area contributed by atoms with Gasteiger partial charge in [0.2, 0.25) is 0 Å². The fraction of sp³-hybridized carbons (Fsp3) is 0.286. The Morgan fingerprint density at radius 3 is 1.80 bits per heavy atom. The lowest BCUT2D eigenvalue weighted by molar-refractivity contribution is 0.101. The summed E-state index contributed by atoms with van der Waals surface area (Å²) in [5, 5.41) is 6.10. The Balaban J connectivity index is 1.91. The average Bonchev–Trinajstić information content (AvgIpc) is 2.81. The molecule has 3 rings (SSSR count). The van der Waals surface area contributed by atoms with Crippen molar-refractivity contribution in [3.8, 4) is 11.5 Å². The minimum Gasteiger partial charge on any atom is -0.492 e. The van der Waals surface area contributed by atoms with Crippen LogP contribution in [0.15, 0.2) is 60.7 Å². The maximum absolute atomic E-state index is 13.0. The molecule has 0 aliphatic rings. The smallest absolute Gasteiger partial charge is 0.257 e. The lowest BCUT2D eigenvalue weighted by Crippen LogP contribution is -2.16. The largest absolute Gasteiger partial charge is 0.492 e. The molecule has 0 bridgehead atoms. The fourth-order valence-corrected chi connectivity index (χ4v) is 3.68. The third kappa shape index (κ3) is 6.55. The maximum atomic E-state index is 13.0. The molecule has 0 saturated heterocycles. The highest BCUT2D eigenvalue weighted by atomic mass is 35.5. The normalized spacial score (nSPS) is 11.0. The van der Waals surface area contributed by atoms with Crippen LogP contribution in [0.3, 0.4) is 0 Å². The second-order valence-corrected chi connectivity index (χ2v) is 9.33. The number of rotatable bonds is 8. The first-order chi connectivity index (χ1) is 16.6. The molecule has 3 aromatic carbocycles. The van der Waals surface area contributed by atoms with Gasteiger partial charge in [-0.05, 0) is 49.1 Å². The van der Waals surface area contributed by atoms with Crippen LogP contribution in [0.4, 0.5) is 11.4 Å². The Kier molecular flexibility index (Phi) is 8.41. The molecule has 0 unspecified atom stereocenters. The highest BCUT2D eigenvalue weighted by Crippen LogP contribution is 2.37. The predicted octanol–water partition coefficient (Wildman–Crippen LogP) is 6.94. The van der Waals surface area contributed by atoms with Gasteiger partial charge in [0.1, 0.15) is 11.5 Å². The zero-order valence-electron chi connectivity index (χ0n) is 20.7. The molecule has 35 heavy (non-hydrogen) atoms. The number of amides is 2. The van der Waals surface area contributed by atoms with E-state index in [0.29, 0.717) is 52.2 Å². The fourth-order valence-electron chi connectivity index (χ4n) is 3.46. The number of ether oxygens (including phenoxy) is 2. The molecule has 0 spiro atoms. The Morgan fingerprint density at radius 2 is 1.31 bits per heavy atom. The lowest BCUT2D eigenvalue weighted by atomic mass is 9.87. The van der Waals surface area contributed by atoms with Crippen LogP contribution < -0.4 is 20.1 Å². The quantitative estimate of drug-likeness (QED) is 0.355. The molecule has 6 nitrogen and oxygen atoms in total. The van der Waals surface area contributed by atoms with Gasteiger partial charge in [0.05, 0.1) is 35.2 Å². The third-order valence-electron chi connectivity index (χ3n) is 5.31. The summed E-state index contributed by atoms with van der Waals surface area (Å²) in [6, 6.07) is 17.6. The first-order valence-electron chi connectivity index (χ1n) is 11.6. The van der Waals surface area contributed by atoms with Gasteiger partial charge in [-0.2, -0.15) is 0 Å². The molecule has 0 saturated carbocycles. The number of anilines is 2. The molecule has 0 aliphatic carbocycles. The number of carbonyl (C=O) groups is 2. The summed E-state index contributed by atoms with van der Waals surface area (Å²) in [6.07, 6.45) is 0. The molecule has 7 heteroatoms. The van der Waals surface area contributed by atoms with Gasteiger partial charge >= 0.3 is 0 Å². The molecular formula is C28H31ClN2O4. The van der Waals surface area contributed by atoms with Crippen LogP contribution in [-0.4, -0.2) is 25.0 Å². The van der Waals surface area contributed by atoms with Crippen molar-refractivity contribution in [1.29, 1.82) is 0 Å². The molecule has 0 atom stereocenters. The Hall–Kier alpha value is -3.51. The summed E-state index contributed by atoms with van der Waals surface area (Å²) in [5.41, 5.74) is 2.85. The summed E-state index contributed by atoms with van der Waals surface area (Å²) in [7, 11) is 0. The maximum Gasteiger partial charge on any atom is 0.257 e. The van der Waals surface area contributed by atoms with E-state index in [1.165, 1.54) is 0 Å². The molecular weight excluding hydrogens is 464 g/mol. The summed E-state index contributed by atoms with van der Waals surface area (Å²) < 4.78 is 11.5. The van der Waals surface area contributed by atoms with Crippen LogP contribution in [0, 0.1) is 0 Å². The molecule has 0 heterocycles. The Labute approximate surface area is 211 Å². The van der Waals surface area contributed by atoms with Gasteiger partial charge in [-0.3, -0.25) is 9.59 Å². The van der Waals surface area contributed by atoms with Crippen LogP contribution in [0.5, 0.6) is 11.5 Å². The van der Waals surface area contributed by atoms with Crippen molar-refractivity contribution in [2.24, 2.45) is 0 Å². The Morgan fingerprint density at radius 1 is 0.800 bits per heavy atom. The zero-order valence-corrected chi connectivity index (χ0v) is 21.5. The summed E-state index contributed by atoms with van der Waals surface area (Å²) in [6.45, 7) is 10.8. The highest BCUT2D eigenvalue weighted by molar-refractivity contribution is 6.34. The predicted molar refractivity (Wildman–Crippen MR) is 141 cm³/mol. The molecule has 0 aliphatic heterocycles. The molecule has 2 N–H and O–H groups in total. The van der Waals surface area contributed by atoms with Gasteiger partial charge in [-0.15, -0.1) is 0 Å². The molecule has 0 radical (unpaired) electrons. The third-order valence-corrected chi connectivity index (χ3v) is 5.64. The molecule has 0 aromatic heterocycles. The van der Waals surface area contributed by atoms with E-state index in [2.05, 4.69) is 31.4 Å². The second kappa shape index (κ2) is 11.3. The van der Waals surface area contributed by atoms with E-state index < -0.39 is 0 Å². The summed E-state index contributed by atoms with van der Waals surface area (Å²) in [4.78, 5) is 25.8. The number of halogens is 1. The minimum absolute atomic E-state index is 0.00617. The van der Waals surface area contributed by atoms with Crippen molar-refractivity contribution in [2.75, 3.05) is 23.8 Å². The average molecular weight is 495 g/mol. The van der Waals surface area contributed by atoms with Gasteiger partial charge in [-0.25, -0.2) is 0 Å². The number of hydrogen-bond acceptors (Lipinski definition) is 4. The van der Waals surface area contributed by atoms with Crippen LogP contribution in [0.1, 0.15) is 60.9 Å². The zero-order chi connectivity index (χ0) is 25.6. The van der Waals surface area contributed by atoms with Crippen molar-refractivity contribution in [2.45, 2.75) is 40.0 Å². The van der Waals surface area contributed by atoms with Crippen LogP contribution in [-0.2, 0) is 5.41 Å². The van der Waals surface area contributed by atoms with Crippen molar-refractivity contribution >= 4 is 34.8 Å².